The molecule has 0 aromatic rings. The molecule has 0 aliphatic rings. The summed E-state index contributed by atoms with van der Waals surface area (Å²) in [4.78, 5) is 21.6. The number of carboxylic acid groups (broad SMARTS) is 1. The number of unbranched alkanes of at least 4 members (excludes halogenated alkanes) is 2. The van der Waals surface area contributed by atoms with Crippen molar-refractivity contribution >= 4 is 21.7 Å². The SMILES string of the molecule is CC(C)CS(=O)(=O)CC(=O)NCCCCCC(=O)O. The Balaban J connectivity index is 3.73. The molecule has 19 heavy (non-hydrogen) atoms. The van der Waals surface area contributed by atoms with Crippen molar-refractivity contribution in [3.8, 4) is 0 Å². The van der Waals surface area contributed by atoms with Crippen molar-refractivity contribution in [3.05, 3.63) is 0 Å². The van der Waals surface area contributed by atoms with Gasteiger partial charge in [-0.3, -0.25) is 9.59 Å². The molecule has 0 heterocycles. The van der Waals surface area contributed by atoms with Crippen LogP contribution in [0.1, 0.15) is 39.5 Å². The van der Waals surface area contributed by atoms with E-state index in [1.54, 1.807) is 13.8 Å². The second-order valence-corrected chi connectivity index (χ2v) is 7.11. The van der Waals surface area contributed by atoms with Crippen molar-refractivity contribution < 1.29 is 23.1 Å². The second-order valence-electron chi connectivity index (χ2n) is 5.00. The molecule has 0 atom stereocenters. The highest BCUT2D eigenvalue weighted by atomic mass is 32.2. The van der Waals surface area contributed by atoms with Crippen molar-refractivity contribution in [2.45, 2.75) is 39.5 Å². The highest BCUT2D eigenvalue weighted by Crippen LogP contribution is 2.01. The smallest absolute Gasteiger partial charge is 0.303 e. The molecule has 0 bridgehead atoms. The number of amides is 1. The molecule has 0 aromatic carbocycles. The van der Waals surface area contributed by atoms with Crippen LogP contribution in [0.2, 0.25) is 0 Å². The Hall–Kier alpha value is -1.11. The zero-order valence-electron chi connectivity index (χ0n) is 11.5. The Morgan fingerprint density at radius 2 is 1.79 bits per heavy atom. The van der Waals surface area contributed by atoms with Crippen LogP contribution in [-0.2, 0) is 19.4 Å². The van der Waals surface area contributed by atoms with Crippen molar-refractivity contribution in [2.24, 2.45) is 5.92 Å². The van der Waals surface area contributed by atoms with Gasteiger partial charge in [0.15, 0.2) is 9.84 Å². The molecule has 0 saturated carbocycles. The minimum atomic E-state index is -3.33. The van der Waals surface area contributed by atoms with E-state index in [-0.39, 0.29) is 18.1 Å². The van der Waals surface area contributed by atoms with Crippen LogP contribution in [0.15, 0.2) is 0 Å². The van der Waals surface area contributed by atoms with Gasteiger partial charge in [0, 0.05) is 13.0 Å². The van der Waals surface area contributed by atoms with E-state index >= 15 is 0 Å². The first-order valence-electron chi connectivity index (χ1n) is 6.42. The molecule has 6 nitrogen and oxygen atoms in total. The molecule has 0 spiro atoms. The van der Waals surface area contributed by atoms with E-state index < -0.39 is 27.5 Å². The summed E-state index contributed by atoms with van der Waals surface area (Å²) in [5.74, 6) is -1.77. The van der Waals surface area contributed by atoms with E-state index in [1.807, 2.05) is 0 Å². The molecule has 0 radical (unpaired) electrons. The lowest BCUT2D eigenvalue weighted by molar-refractivity contribution is -0.137. The quantitative estimate of drug-likeness (QED) is 0.581. The minimum absolute atomic E-state index is 0.00817. The molecule has 0 fully saturated rings. The Bertz CT molecular complexity index is 389. The third-order valence-corrected chi connectivity index (χ3v) is 4.20. The molecule has 7 heteroatoms. The first kappa shape index (κ1) is 17.9. The topological polar surface area (TPSA) is 101 Å². The van der Waals surface area contributed by atoms with Gasteiger partial charge in [0.1, 0.15) is 5.75 Å². The van der Waals surface area contributed by atoms with E-state index in [2.05, 4.69) is 5.32 Å². The van der Waals surface area contributed by atoms with Gasteiger partial charge in [-0.2, -0.15) is 0 Å². The number of carbonyl (C=O) groups excluding carboxylic acids is 1. The molecular formula is C12H23NO5S. The maximum Gasteiger partial charge on any atom is 0.303 e. The monoisotopic (exact) mass is 293 g/mol. The Morgan fingerprint density at radius 1 is 1.16 bits per heavy atom. The third kappa shape index (κ3) is 11.7. The number of hydrogen-bond acceptors (Lipinski definition) is 4. The highest BCUT2D eigenvalue weighted by Gasteiger charge is 2.17. The van der Waals surface area contributed by atoms with E-state index in [9.17, 15) is 18.0 Å². The number of aliphatic carboxylic acids is 1. The summed E-state index contributed by atoms with van der Waals surface area (Å²) in [7, 11) is -3.33. The lowest BCUT2D eigenvalue weighted by Crippen LogP contribution is -2.32. The van der Waals surface area contributed by atoms with Crippen LogP contribution >= 0.6 is 0 Å². The van der Waals surface area contributed by atoms with Crippen LogP contribution in [0.25, 0.3) is 0 Å². The van der Waals surface area contributed by atoms with Crippen LogP contribution in [-0.4, -0.2) is 43.5 Å². The average molecular weight is 293 g/mol. The van der Waals surface area contributed by atoms with E-state index in [1.165, 1.54) is 0 Å². The van der Waals surface area contributed by atoms with Gasteiger partial charge >= 0.3 is 5.97 Å². The summed E-state index contributed by atoms with van der Waals surface area (Å²) >= 11 is 0. The van der Waals surface area contributed by atoms with Crippen molar-refractivity contribution in [2.75, 3.05) is 18.1 Å². The average Bonchev–Trinajstić information content (AvgIpc) is 2.19. The summed E-state index contributed by atoms with van der Waals surface area (Å²) in [5.41, 5.74) is 0. The van der Waals surface area contributed by atoms with E-state index in [0.717, 1.165) is 0 Å². The fourth-order valence-corrected chi connectivity index (χ4v) is 3.26. The minimum Gasteiger partial charge on any atom is -0.481 e. The van der Waals surface area contributed by atoms with Gasteiger partial charge in [-0.05, 0) is 18.8 Å². The predicted molar refractivity (Wildman–Crippen MR) is 72.6 cm³/mol. The number of hydrogen-bond donors (Lipinski definition) is 2. The zero-order chi connectivity index (χ0) is 14.9. The number of nitrogens with one attached hydrogen (secondary N) is 1. The summed E-state index contributed by atoms with van der Waals surface area (Å²) in [6.45, 7) is 3.96. The number of carbonyl (C=O) groups is 2. The lowest BCUT2D eigenvalue weighted by atomic mass is 10.2. The fraction of sp³-hybridized carbons (Fsp3) is 0.833. The molecule has 0 unspecified atom stereocenters. The third-order valence-electron chi connectivity index (χ3n) is 2.33. The molecule has 0 rings (SSSR count). The Kier molecular flexibility index (Phi) is 8.38. The van der Waals surface area contributed by atoms with Crippen LogP contribution in [0.4, 0.5) is 0 Å². The summed E-state index contributed by atoms with van der Waals surface area (Å²) in [6, 6.07) is 0. The van der Waals surface area contributed by atoms with Gasteiger partial charge in [-0.15, -0.1) is 0 Å². The van der Waals surface area contributed by atoms with E-state index in [0.29, 0.717) is 25.8 Å². The Morgan fingerprint density at radius 3 is 2.32 bits per heavy atom. The van der Waals surface area contributed by atoms with E-state index in [4.69, 9.17) is 5.11 Å². The normalized spacial score (nSPS) is 11.5. The molecule has 0 aliphatic carbocycles. The maximum absolute atomic E-state index is 11.5. The van der Waals surface area contributed by atoms with Gasteiger partial charge in [0.05, 0.1) is 5.75 Å². The van der Waals surface area contributed by atoms with Crippen LogP contribution in [0, 0.1) is 5.92 Å². The van der Waals surface area contributed by atoms with Gasteiger partial charge in [0.2, 0.25) is 5.91 Å². The summed E-state index contributed by atoms with van der Waals surface area (Å²) in [5, 5.41) is 11.0. The molecule has 2 N–H and O–H groups in total. The molecule has 1 amide bonds. The van der Waals surface area contributed by atoms with Crippen molar-refractivity contribution in [1.29, 1.82) is 0 Å². The number of carboxylic acids is 1. The van der Waals surface area contributed by atoms with Crippen molar-refractivity contribution in [1.82, 2.24) is 5.32 Å². The van der Waals surface area contributed by atoms with Crippen LogP contribution < -0.4 is 5.32 Å². The second kappa shape index (κ2) is 8.90. The zero-order valence-corrected chi connectivity index (χ0v) is 12.3. The fourth-order valence-electron chi connectivity index (χ4n) is 1.62. The Labute approximate surface area is 114 Å². The largest absolute Gasteiger partial charge is 0.481 e. The van der Waals surface area contributed by atoms with Crippen molar-refractivity contribution in [3.63, 3.8) is 0 Å². The maximum atomic E-state index is 11.5. The van der Waals surface area contributed by atoms with Gasteiger partial charge < -0.3 is 10.4 Å². The number of rotatable bonds is 10. The van der Waals surface area contributed by atoms with Crippen LogP contribution in [0.3, 0.4) is 0 Å². The molecule has 112 valence electrons. The standard InChI is InChI=1S/C12H23NO5S/c1-10(2)8-19(17,18)9-11(14)13-7-5-3-4-6-12(15)16/h10H,3-9H2,1-2H3,(H,13,14)(H,15,16). The van der Waals surface area contributed by atoms with Gasteiger partial charge in [-0.1, -0.05) is 20.3 Å². The number of sulfone groups is 1. The first-order chi connectivity index (χ1) is 8.73. The van der Waals surface area contributed by atoms with Crippen LogP contribution in [0.5, 0.6) is 0 Å². The summed E-state index contributed by atoms with van der Waals surface area (Å²) in [6.07, 6.45) is 2.04. The molecular weight excluding hydrogens is 270 g/mol. The first-order valence-corrected chi connectivity index (χ1v) is 8.24. The molecule has 0 aliphatic heterocycles. The lowest BCUT2D eigenvalue weighted by Gasteiger charge is -2.07. The highest BCUT2D eigenvalue weighted by molar-refractivity contribution is 7.92. The van der Waals surface area contributed by atoms with Gasteiger partial charge in [0.25, 0.3) is 0 Å². The summed E-state index contributed by atoms with van der Waals surface area (Å²) < 4.78 is 23.1. The molecule has 0 aromatic heterocycles. The van der Waals surface area contributed by atoms with Gasteiger partial charge in [-0.25, -0.2) is 8.42 Å². The molecule has 0 saturated heterocycles. The predicted octanol–water partition coefficient (Wildman–Crippen LogP) is 0.818.